The van der Waals surface area contributed by atoms with E-state index >= 15 is 0 Å². The molecule has 0 N–H and O–H groups in total. The minimum atomic E-state index is -0.190. The maximum absolute atomic E-state index is 13.4. The Labute approximate surface area is 197 Å². The van der Waals surface area contributed by atoms with Crippen molar-refractivity contribution in [3.63, 3.8) is 0 Å². The summed E-state index contributed by atoms with van der Waals surface area (Å²) < 4.78 is 8.82. The van der Waals surface area contributed by atoms with E-state index in [0.717, 1.165) is 22.5 Å². The Morgan fingerprint density at radius 2 is 1.91 bits per heavy atom. The SMILES string of the molecule is COCC(C)n1c(C)cc(C(=O)Cn2cnc3scc(-c4ccc(C)c(C)c4)c3c2=O)c1C. The quantitative estimate of drug-likeness (QED) is 0.351. The molecule has 6 nitrogen and oxygen atoms in total. The van der Waals surface area contributed by atoms with Gasteiger partial charge in [0.05, 0.1) is 30.9 Å². The third-order valence-electron chi connectivity index (χ3n) is 6.33. The highest BCUT2D eigenvalue weighted by molar-refractivity contribution is 7.17. The summed E-state index contributed by atoms with van der Waals surface area (Å²) >= 11 is 1.45. The number of rotatable bonds is 7. The summed E-state index contributed by atoms with van der Waals surface area (Å²) in [6, 6.07) is 8.19. The highest BCUT2D eigenvalue weighted by Crippen LogP contribution is 2.31. The van der Waals surface area contributed by atoms with E-state index < -0.39 is 0 Å². The molecule has 172 valence electrons. The molecule has 1 unspecified atom stereocenters. The van der Waals surface area contributed by atoms with Crippen molar-refractivity contribution in [2.75, 3.05) is 13.7 Å². The van der Waals surface area contributed by atoms with Gasteiger partial charge in [0.1, 0.15) is 4.83 Å². The van der Waals surface area contributed by atoms with Crippen molar-refractivity contribution < 1.29 is 9.53 Å². The van der Waals surface area contributed by atoms with Crippen LogP contribution in [0.2, 0.25) is 0 Å². The largest absolute Gasteiger partial charge is 0.383 e. The molecule has 4 rings (SSSR count). The van der Waals surface area contributed by atoms with Crippen molar-refractivity contribution >= 4 is 27.3 Å². The molecule has 0 spiro atoms. The lowest BCUT2D eigenvalue weighted by Crippen LogP contribution is -2.25. The fourth-order valence-corrected chi connectivity index (χ4v) is 5.40. The van der Waals surface area contributed by atoms with Crippen LogP contribution in [-0.2, 0) is 11.3 Å². The highest BCUT2D eigenvalue weighted by atomic mass is 32.1. The van der Waals surface area contributed by atoms with Gasteiger partial charge < -0.3 is 9.30 Å². The number of hydrogen-bond donors (Lipinski definition) is 0. The third-order valence-corrected chi connectivity index (χ3v) is 7.21. The number of hydrogen-bond acceptors (Lipinski definition) is 5. The van der Waals surface area contributed by atoms with Crippen LogP contribution in [0.3, 0.4) is 0 Å². The van der Waals surface area contributed by atoms with Crippen LogP contribution in [0.25, 0.3) is 21.3 Å². The number of carbonyl (C=O) groups is 1. The van der Waals surface area contributed by atoms with E-state index in [9.17, 15) is 9.59 Å². The van der Waals surface area contributed by atoms with Crippen LogP contribution in [0.1, 0.15) is 45.8 Å². The number of thiophene rings is 1. The molecule has 0 saturated heterocycles. The second-order valence-corrected chi connectivity index (χ2v) is 9.55. The van der Waals surface area contributed by atoms with Gasteiger partial charge >= 0.3 is 0 Å². The molecule has 0 amide bonds. The van der Waals surface area contributed by atoms with Crippen molar-refractivity contribution in [3.8, 4) is 11.1 Å². The number of ketones is 1. The van der Waals surface area contributed by atoms with E-state index in [-0.39, 0.29) is 23.9 Å². The molecule has 1 aromatic carbocycles. The number of carbonyl (C=O) groups excluding carboxylic acids is 1. The summed E-state index contributed by atoms with van der Waals surface area (Å²) in [7, 11) is 1.67. The Kier molecular flexibility index (Phi) is 6.36. The highest BCUT2D eigenvalue weighted by Gasteiger charge is 2.21. The maximum atomic E-state index is 13.4. The van der Waals surface area contributed by atoms with E-state index in [1.807, 2.05) is 31.4 Å². The predicted octanol–water partition coefficient (Wildman–Crippen LogP) is 5.25. The molecule has 0 radical (unpaired) electrons. The summed E-state index contributed by atoms with van der Waals surface area (Å²) in [5.41, 5.74) is 6.55. The van der Waals surface area contributed by atoms with Crippen molar-refractivity contribution in [1.29, 1.82) is 0 Å². The third kappa shape index (κ3) is 4.18. The Balaban J connectivity index is 1.71. The van der Waals surface area contributed by atoms with Crippen LogP contribution in [0, 0.1) is 27.7 Å². The van der Waals surface area contributed by atoms with Gasteiger partial charge in [-0.05, 0) is 57.4 Å². The predicted molar refractivity (Wildman–Crippen MR) is 134 cm³/mol. The fraction of sp³-hybridized carbons (Fsp3) is 0.346. The maximum Gasteiger partial charge on any atom is 0.263 e. The number of aromatic nitrogens is 3. The number of ether oxygens (including phenoxy) is 1. The molecule has 0 aliphatic carbocycles. The van der Waals surface area contributed by atoms with E-state index in [1.54, 1.807) is 7.11 Å². The van der Waals surface area contributed by atoms with Crippen molar-refractivity contribution in [3.05, 3.63) is 74.4 Å². The second kappa shape index (κ2) is 9.08. The molecule has 0 fully saturated rings. The van der Waals surface area contributed by atoms with Gasteiger partial charge in [0.25, 0.3) is 5.56 Å². The zero-order valence-electron chi connectivity index (χ0n) is 19.9. The molecular weight excluding hydrogens is 434 g/mol. The van der Waals surface area contributed by atoms with Gasteiger partial charge in [-0.2, -0.15) is 0 Å². The van der Waals surface area contributed by atoms with Crippen LogP contribution in [0.4, 0.5) is 0 Å². The number of fused-ring (bicyclic) bond motifs is 1. The smallest absolute Gasteiger partial charge is 0.263 e. The molecule has 7 heteroatoms. The topological polar surface area (TPSA) is 66.1 Å². The van der Waals surface area contributed by atoms with Gasteiger partial charge in [-0.25, -0.2) is 4.98 Å². The monoisotopic (exact) mass is 463 g/mol. The summed E-state index contributed by atoms with van der Waals surface area (Å²) in [4.78, 5) is 31.8. The van der Waals surface area contributed by atoms with Crippen LogP contribution >= 0.6 is 11.3 Å². The van der Waals surface area contributed by atoms with Crippen molar-refractivity contribution in [1.82, 2.24) is 14.1 Å². The molecule has 33 heavy (non-hydrogen) atoms. The lowest BCUT2D eigenvalue weighted by molar-refractivity contribution is 0.0969. The lowest BCUT2D eigenvalue weighted by atomic mass is 10.0. The Bertz CT molecular complexity index is 1410. The van der Waals surface area contributed by atoms with E-state index in [4.69, 9.17) is 4.74 Å². The lowest BCUT2D eigenvalue weighted by Gasteiger charge is -2.17. The molecule has 1 atom stereocenters. The number of aryl methyl sites for hydroxylation is 3. The first-order chi connectivity index (χ1) is 15.7. The number of Topliss-reactive ketones (excluding diaryl/α,β-unsaturated/α-hetero) is 1. The summed E-state index contributed by atoms with van der Waals surface area (Å²) in [6.45, 7) is 10.6. The molecule has 4 aromatic rings. The minimum absolute atomic E-state index is 0.0487. The Morgan fingerprint density at radius 1 is 1.15 bits per heavy atom. The minimum Gasteiger partial charge on any atom is -0.383 e. The fourth-order valence-electron chi connectivity index (χ4n) is 4.49. The van der Waals surface area contributed by atoms with Crippen LogP contribution in [0.15, 0.2) is 40.8 Å². The summed E-state index contributed by atoms with van der Waals surface area (Å²) in [5.74, 6) is -0.106. The van der Waals surface area contributed by atoms with E-state index in [1.165, 1.54) is 33.4 Å². The van der Waals surface area contributed by atoms with Gasteiger partial charge in [-0.3, -0.25) is 14.2 Å². The van der Waals surface area contributed by atoms with Gasteiger partial charge in [-0.15, -0.1) is 11.3 Å². The molecular formula is C26H29N3O3S. The average molecular weight is 464 g/mol. The van der Waals surface area contributed by atoms with Crippen LogP contribution in [0.5, 0.6) is 0 Å². The van der Waals surface area contributed by atoms with E-state index in [0.29, 0.717) is 22.4 Å². The normalized spacial score (nSPS) is 12.4. The van der Waals surface area contributed by atoms with Gasteiger partial charge in [0.2, 0.25) is 0 Å². The van der Waals surface area contributed by atoms with E-state index in [2.05, 4.69) is 42.5 Å². The second-order valence-electron chi connectivity index (χ2n) is 8.69. The van der Waals surface area contributed by atoms with Crippen molar-refractivity contribution in [2.45, 2.75) is 47.2 Å². The van der Waals surface area contributed by atoms with Crippen molar-refractivity contribution in [2.24, 2.45) is 0 Å². The molecule has 0 saturated carbocycles. The number of nitrogens with zero attached hydrogens (tertiary/aromatic N) is 3. The van der Waals surface area contributed by atoms with Gasteiger partial charge in [-0.1, -0.05) is 18.2 Å². The number of benzene rings is 1. The molecule has 0 aliphatic heterocycles. The Morgan fingerprint density at radius 3 is 2.61 bits per heavy atom. The first-order valence-corrected chi connectivity index (χ1v) is 11.9. The van der Waals surface area contributed by atoms with Gasteiger partial charge in [0, 0.05) is 35.0 Å². The average Bonchev–Trinajstić information content (AvgIpc) is 3.33. The van der Waals surface area contributed by atoms with Crippen LogP contribution < -0.4 is 5.56 Å². The summed E-state index contributed by atoms with van der Waals surface area (Å²) in [5, 5.41) is 2.54. The van der Waals surface area contributed by atoms with Crippen LogP contribution in [-0.4, -0.2) is 33.6 Å². The summed E-state index contributed by atoms with van der Waals surface area (Å²) in [6.07, 6.45) is 1.48. The zero-order chi connectivity index (χ0) is 23.9. The molecule has 0 bridgehead atoms. The molecule has 3 heterocycles. The van der Waals surface area contributed by atoms with Gasteiger partial charge in [0.15, 0.2) is 5.78 Å². The first-order valence-electron chi connectivity index (χ1n) is 11.0. The molecule has 3 aromatic heterocycles. The number of methoxy groups -OCH3 is 1. The molecule has 0 aliphatic rings. The zero-order valence-corrected chi connectivity index (χ0v) is 20.7. The standard InChI is InChI=1S/C26H29N3O3S/c1-15-7-8-20(9-16(15)2)22-13-33-25-24(22)26(31)28(14-27-25)11-23(30)21-10-17(3)29(19(21)5)18(4)12-32-6/h7-10,13-14,18H,11-12H2,1-6H3. The first kappa shape index (κ1) is 23.1. The Hall–Kier alpha value is -3.03.